The van der Waals surface area contributed by atoms with E-state index in [9.17, 15) is 0 Å². The predicted molar refractivity (Wildman–Crippen MR) is 125 cm³/mol. The third-order valence-electron chi connectivity index (χ3n) is 5.10. The Morgan fingerprint density at radius 1 is 1.14 bits per heavy atom. The van der Waals surface area contributed by atoms with Gasteiger partial charge in [0.2, 0.25) is 0 Å². The van der Waals surface area contributed by atoms with E-state index in [2.05, 4.69) is 56.8 Å². The van der Waals surface area contributed by atoms with Crippen LogP contribution in [0.1, 0.15) is 22.5 Å². The van der Waals surface area contributed by atoms with Gasteiger partial charge in [-0.25, -0.2) is 0 Å². The second-order valence-electron chi connectivity index (χ2n) is 6.78. The maximum Gasteiger partial charge on any atom is 0.191 e. The molecule has 0 unspecified atom stereocenters. The van der Waals surface area contributed by atoms with Crippen molar-refractivity contribution in [1.82, 2.24) is 20.4 Å². The Kier molecular flexibility index (Phi) is 8.56. The number of aliphatic imine (C=N–C) groups is 1. The van der Waals surface area contributed by atoms with Crippen LogP contribution in [0.25, 0.3) is 0 Å². The average Bonchev–Trinajstić information content (AvgIpc) is 2.94. The van der Waals surface area contributed by atoms with Crippen molar-refractivity contribution in [2.75, 3.05) is 38.3 Å². The number of rotatable bonds is 5. The van der Waals surface area contributed by atoms with E-state index < -0.39 is 0 Å². The molecule has 0 atom stereocenters. The summed E-state index contributed by atoms with van der Waals surface area (Å²) in [6, 6.07) is 8.52. The quantitative estimate of drug-likeness (QED) is 0.377. The van der Waals surface area contributed by atoms with E-state index in [4.69, 9.17) is 4.74 Å². The fourth-order valence-corrected chi connectivity index (χ4v) is 3.42. The third kappa shape index (κ3) is 5.38. The van der Waals surface area contributed by atoms with Gasteiger partial charge in [0.05, 0.1) is 18.9 Å². The van der Waals surface area contributed by atoms with Crippen LogP contribution in [0.4, 0.5) is 5.69 Å². The molecule has 0 amide bonds. The van der Waals surface area contributed by atoms with E-state index in [1.54, 1.807) is 7.05 Å². The van der Waals surface area contributed by atoms with Gasteiger partial charge in [0, 0.05) is 57.2 Å². The minimum absolute atomic E-state index is 0. The lowest BCUT2D eigenvalue weighted by Gasteiger charge is -2.30. The first-order chi connectivity index (χ1) is 13.1. The number of nitrogens with one attached hydrogen (secondary N) is 2. The topological polar surface area (TPSA) is 66.7 Å². The number of aromatic nitrogens is 2. The van der Waals surface area contributed by atoms with Crippen LogP contribution in [0.15, 0.2) is 29.3 Å². The number of morpholine rings is 1. The van der Waals surface area contributed by atoms with Gasteiger partial charge in [0.1, 0.15) is 0 Å². The molecule has 0 saturated carbocycles. The maximum absolute atomic E-state index is 5.48. The number of hydrogen-bond acceptors (Lipinski definition) is 4. The second kappa shape index (κ2) is 10.7. The van der Waals surface area contributed by atoms with Gasteiger partial charge in [0.15, 0.2) is 5.96 Å². The number of ether oxygens (including phenoxy) is 1. The van der Waals surface area contributed by atoms with Gasteiger partial charge in [-0.05, 0) is 25.5 Å². The molecule has 0 aliphatic carbocycles. The van der Waals surface area contributed by atoms with Crippen LogP contribution in [0, 0.1) is 13.8 Å². The smallest absolute Gasteiger partial charge is 0.191 e. The summed E-state index contributed by atoms with van der Waals surface area (Å²) in [4.78, 5) is 6.75. The molecule has 0 spiro atoms. The summed E-state index contributed by atoms with van der Waals surface area (Å²) in [5, 5.41) is 11.3. The van der Waals surface area contributed by atoms with Crippen LogP contribution in [-0.2, 0) is 24.9 Å². The van der Waals surface area contributed by atoms with Gasteiger partial charge in [-0.1, -0.05) is 18.2 Å². The Bertz CT molecular complexity index is 798. The van der Waals surface area contributed by atoms with Gasteiger partial charge in [-0.15, -0.1) is 24.0 Å². The zero-order valence-corrected chi connectivity index (χ0v) is 19.5. The predicted octanol–water partition coefficient (Wildman–Crippen LogP) is 2.36. The van der Waals surface area contributed by atoms with Crippen LogP contribution in [0.5, 0.6) is 0 Å². The first-order valence-corrected chi connectivity index (χ1v) is 9.44. The number of hydrogen-bond donors (Lipinski definition) is 2. The Morgan fingerprint density at radius 2 is 1.82 bits per heavy atom. The van der Waals surface area contributed by atoms with Crippen LogP contribution < -0.4 is 15.5 Å². The standard InChI is InChI=1S/C20H30N6O.HI/c1-15-18(16(2)25(4)24-15)14-23-20(21-3)22-13-17-7-5-6-8-19(17)26-9-11-27-12-10-26;/h5-8H,9-14H2,1-4H3,(H2,21,22,23);1H. The number of guanidine groups is 1. The number of nitrogens with zero attached hydrogens (tertiary/aromatic N) is 4. The highest BCUT2D eigenvalue weighted by atomic mass is 127. The molecule has 2 aromatic rings. The zero-order chi connectivity index (χ0) is 19.2. The summed E-state index contributed by atoms with van der Waals surface area (Å²) < 4.78 is 7.40. The first-order valence-electron chi connectivity index (χ1n) is 9.44. The SMILES string of the molecule is CN=C(NCc1ccccc1N1CCOCC1)NCc1c(C)nn(C)c1C.I. The molecule has 1 saturated heterocycles. The van der Waals surface area contributed by atoms with Gasteiger partial charge in [0.25, 0.3) is 0 Å². The Hall–Kier alpha value is -1.81. The molecule has 1 aliphatic heterocycles. The van der Waals surface area contributed by atoms with Gasteiger partial charge >= 0.3 is 0 Å². The van der Waals surface area contributed by atoms with Gasteiger partial charge in [-0.3, -0.25) is 9.67 Å². The molecule has 0 bridgehead atoms. The Balaban J connectivity index is 0.00000280. The fraction of sp³-hybridized carbons (Fsp3) is 0.500. The maximum atomic E-state index is 5.48. The van der Waals surface area contributed by atoms with Crippen molar-refractivity contribution in [2.45, 2.75) is 26.9 Å². The monoisotopic (exact) mass is 498 g/mol. The molecule has 154 valence electrons. The van der Waals surface area contributed by atoms with Crippen molar-refractivity contribution in [1.29, 1.82) is 0 Å². The summed E-state index contributed by atoms with van der Waals surface area (Å²) in [6.45, 7) is 9.00. The molecule has 8 heteroatoms. The lowest BCUT2D eigenvalue weighted by molar-refractivity contribution is 0.122. The van der Waals surface area contributed by atoms with Crippen molar-refractivity contribution in [3.8, 4) is 0 Å². The average molecular weight is 498 g/mol. The normalized spacial score (nSPS) is 14.6. The fourth-order valence-electron chi connectivity index (χ4n) is 3.42. The number of halogens is 1. The molecule has 1 aromatic heterocycles. The molecule has 2 N–H and O–H groups in total. The molecular weight excluding hydrogens is 467 g/mol. The first kappa shape index (κ1) is 22.5. The number of aryl methyl sites for hydroxylation is 2. The zero-order valence-electron chi connectivity index (χ0n) is 17.2. The molecule has 0 radical (unpaired) electrons. The highest BCUT2D eigenvalue weighted by Gasteiger charge is 2.15. The Labute approximate surface area is 184 Å². The summed E-state index contributed by atoms with van der Waals surface area (Å²) in [6.07, 6.45) is 0. The van der Waals surface area contributed by atoms with Crippen molar-refractivity contribution >= 4 is 35.6 Å². The van der Waals surface area contributed by atoms with Crippen LogP contribution in [0.2, 0.25) is 0 Å². The third-order valence-corrected chi connectivity index (χ3v) is 5.10. The van der Waals surface area contributed by atoms with E-state index >= 15 is 0 Å². The second-order valence-corrected chi connectivity index (χ2v) is 6.78. The molecule has 2 heterocycles. The van der Waals surface area contributed by atoms with Crippen molar-refractivity contribution in [3.05, 3.63) is 46.8 Å². The molecule has 3 rings (SSSR count). The number of anilines is 1. The lowest BCUT2D eigenvalue weighted by atomic mass is 10.1. The number of benzene rings is 1. The van der Waals surface area contributed by atoms with Crippen molar-refractivity contribution < 1.29 is 4.74 Å². The molecule has 1 fully saturated rings. The van der Waals surface area contributed by atoms with Crippen molar-refractivity contribution in [2.24, 2.45) is 12.0 Å². The summed E-state index contributed by atoms with van der Waals surface area (Å²) >= 11 is 0. The summed E-state index contributed by atoms with van der Waals surface area (Å²) in [5.41, 5.74) is 5.97. The molecule has 28 heavy (non-hydrogen) atoms. The van der Waals surface area contributed by atoms with Crippen LogP contribution >= 0.6 is 24.0 Å². The molecule has 7 nitrogen and oxygen atoms in total. The van der Waals surface area contributed by atoms with Crippen molar-refractivity contribution in [3.63, 3.8) is 0 Å². The van der Waals surface area contributed by atoms with Gasteiger partial charge < -0.3 is 20.3 Å². The van der Waals surface area contributed by atoms with E-state index in [-0.39, 0.29) is 24.0 Å². The van der Waals surface area contributed by atoms with Gasteiger partial charge in [-0.2, -0.15) is 5.10 Å². The lowest BCUT2D eigenvalue weighted by Crippen LogP contribution is -2.39. The Morgan fingerprint density at radius 3 is 2.46 bits per heavy atom. The summed E-state index contributed by atoms with van der Waals surface area (Å²) in [5.74, 6) is 0.787. The van der Waals surface area contributed by atoms with E-state index in [1.165, 1.54) is 22.5 Å². The molecule has 1 aromatic carbocycles. The minimum atomic E-state index is 0. The number of para-hydroxylation sites is 1. The minimum Gasteiger partial charge on any atom is -0.378 e. The largest absolute Gasteiger partial charge is 0.378 e. The summed E-state index contributed by atoms with van der Waals surface area (Å²) in [7, 11) is 3.77. The molecule has 1 aliphatic rings. The van der Waals surface area contributed by atoms with E-state index in [0.29, 0.717) is 6.54 Å². The highest BCUT2D eigenvalue weighted by Crippen LogP contribution is 2.21. The van der Waals surface area contributed by atoms with Crippen LogP contribution in [-0.4, -0.2) is 49.1 Å². The van der Waals surface area contributed by atoms with E-state index in [0.717, 1.165) is 44.5 Å². The van der Waals surface area contributed by atoms with E-state index in [1.807, 2.05) is 18.7 Å². The molecular formula is C20H31IN6O. The van der Waals surface area contributed by atoms with Crippen LogP contribution in [0.3, 0.4) is 0 Å². The highest BCUT2D eigenvalue weighted by molar-refractivity contribution is 14.0.